The largest absolute Gasteiger partial charge is 0.490 e. The zero-order valence-electron chi connectivity index (χ0n) is 24.5. The number of carbonyl (C=O) groups excluding carboxylic acids is 2. The lowest BCUT2D eigenvalue weighted by Gasteiger charge is -2.30. The van der Waals surface area contributed by atoms with E-state index in [2.05, 4.69) is 59.2 Å². The van der Waals surface area contributed by atoms with Gasteiger partial charge in [-0.3, -0.25) is 24.3 Å². The molecule has 1 unspecified atom stereocenters. The van der Waals surface area contributed by atoms with Crippen LogP contribution in [0.2, 0.25) is 0 Å². The minimum absolute atomic E-state index is 0.110. The van der Waals surface area contributed by atoms with Gasteiger partial charge in [-0.15, -0.1) is 0 Å². The minimum Gasteiger partial charge on any atom is -0.490 e. The lowest BCUT2D eigenvalue weighted by molar-refractivity contribution is -0.135. The van der Waals surface area contributed by atoms with Gasteiger partial charge in [0.15, 0.2) is 0 Å². The van der Waals surface area contributed by atoms with Crippen LogP contribution in [0.4, 0.5) is 5.69 Å². The van der Waals surface area contributed by atoms with Crippen molar-refractivity contribution in [2.24, 2.45) is 0 Å². The molecule has 0 radical (unpaired) electrons. The van der Waals surface area contributed by atoms with E-state index in [1.54, 1.807) is 6.92 Å². The number of rotatable bonds is 7. The van der Waals surface area contributed by atoms with E-state index in [0.29, 0.717) is 23.1 Å². The summed E-state index contributed by atoms with van der Waals surface area (Å²) in [5, 5.41) is 6.07. The topological polar surface area (TPSA) is 102 Å². The number of anilines is 1. The van der Waals surface area contributed by atoms with Crippen molar-refractivity contribution < 1.29 is 14.3 Å². The third-order valence-corrected chi connectivity index (χ3v) is 8.62. The monoisotopic (exact) mass is 576 g/mol. The van der Waals surface area contributed by atoms with Gasteiger partial charge in [0, 0.05) is 19.2 Å². The summed E-state index contributed by atoms with van der Waals surface area (Å²) in [5.74, 6) is 0.786. The normalized spacial score (nSPS) is 20.7. The van der Waals surface area contributed by atoms with Gasteiger partial charge in [0.1, 0.15) is 17.6 Å². The maximum absolute atomic E-state index is 13.9. The van der Waals surface area contributed by atoms with Crippen LogP contribution < -0.4 is 20.9 Å². The molecular weight excluding hydrogens is 540 g/mol. The molecule has 8 nitrogen and oxygen atoms in total. The fourth-order valence-corrected chi connectivity index (χ4v) is 6.31. The van der Waals surface area contributed by atoms with Gasteiger partial charge in [0.25, 0.3) is 5.56 Å². The molecule has 6 rings (SSSR count). The number of hydrogen-bond acceptors (Lipinski definition) is 6. The molecule has 4 aromatic rings. The summed E-state index contributed by atoms with van der Waals surface area (Å²) in [6, 6.07) is 21.6. The van der Waals surface area contributed by atoms with Gasteiger partial charge >= 0.3 is 0 Å². The predicted molar refractivity (Wildman–Crippen MR) is 169 cm³/mol. The van der Waals surface area contributed by atoms with Crippen LogP contribution in [0.1, 0.15) is 73.0 Å². The highest BCUT2D eigenvalue weighted by molar-refractivity contribution is 5.99. The Labute approximate surface area is 250 Å². The average Bonchev–Trinajstić information content (AvgIpc) is 3.02. The zero-order valence-corrected chi connectivity index (χ0v) is 24.5. The number of benzene rings is 3. The van der Waals surface area contributed by atoms with Gasteiger partial charge in [-0.1, -0.05) is 48.6 Å². The third kappa shape index (κ3) is 6.09. The number of amides is 2. The molecule has 3 aromatic carbocycles. The molecule has 8 heteroatoms. The van der Waals surface area contributed by atoms with Crippen molar-refractivity contribution in [3.8, 4) is 5.75 Å². The second kappa shape index (κ2) is 12.3. The summed E-state index contributed by atoms with van der Waals surface area (Å²) >= 11 is 0. The highest BCUT2D eigenvalue weighted by Crippen LogP contribution is 2.37. The van der Waals surface area contributed by atoms with E-state index in [1.165, 1.54) is 4.57 Å². The molecule has 1 aliphatic heterocycles. The van der Waals surface area contributed by atoms with Crippen molar-refractivity contribution in [3.63, 3.8) is 0 Å². The smallest absolute Gasteiger partial charge is 0.262 e. The van der Waals surface area contributed by atoms with Crippen LogP contribution in [0, 0.1) is 6.92 Å². The molecule has 43 heavy (non-hydrogen) atoms. The van der Waals surface area contributed by atoms with Crippen molar-refractivity contribution in [2.45, 2.75) is 63.5 Å². The number of nitrogens with one attached hydrogen (secondary N) is 2. The molecule has 2 aliphatic rings. The van der Waals surface area contributed by atoms with Gasteiger partial charge in [-0.25, -0.2) is 4.98 Å². The SMILES string of the molecule is CNc1ccc(/C=C/c2ccc(OC3CCC(c4cccc5nc(C)n(C6CCC(=O)NC6=O)c(=O)c45)CC3)cc2)cc1. The van der Waals surface area contributed by atoms with Crippen molar-refractivity contribution in [1.82, 2.24) is 14.9 Å². The molecule has 1 saturated carbocycles. The van der Waals surface area contributed by atoms with Crippen LogP contribution in [0.15, 0.2) is 71.5 Å². The van der Waals surface area contributed by atoms with Crippen molar-refractivity contribution in [1.29, 1.82) is 0 Å². The number of carbonyl (C=O) groups is 2. The Bertz CT molecular complexity index is 1730. The molecule has 1 saturated heterocycles. The Morgan fingerprint density at radius 3 is 2.21 bits per heavy atom. The Morgan fingerprint density at radius 1 is 0.884 bits per heavy atom. The van der Waals surface area contributed by atoms with Crippen LogP contribution in [0.25, 0.3) is 23.1 Å². The lowest BCUT2D eigenvalue weighted by atomic mass is 9.81. The maximum atomic E-state index is 13.9. The number of nitrogens with zero attached hydrogens (tertiary/aromatic N) is 2. The fourth-order valence-electron chi connectivity index (χ4n) is 6.31. The fraction of sp³-hybridized carbons (Fsp3) is 0.314. The van der Waals surface area contributed by atoms with Gasteiger partial charge in [0.2, 0.25) is 11.8 Å². The highest BCUT2D eigenvalue weighted by atomic mass is 16.5. The van der Waals surface area contributed by atoms with Gasteiger partial charge in [0.05, 0.1) is 17.0 Å². The number of fused-ring (bicyclic) bond motifs is 1. The van der Waals surface area contributed by atoms with Crippen LogP contribution in [-0.2, 0) is 9.59 Å². The van der Waals surface area contributed by atoms with E-state index < -0.39 is 11.9 Å². The van der Waals surface area contributed by atoms with Crippen LogP contribution in [0.5, 0.6) is 5.75 Å². The minimum atomic E-state index is -0.730. The second-order valence-electron chi connectivity index (χ2n) is 11.4. The summed E-state index contributed by atoms with van der Waals surface area (Å²) < 4.78 is 7.82. The van der Waals surface area contributed by atoms with E-state index in [4.69, 9.17) is 9.72 Å². The lowest BCUT2D eigenvalue weighted by Crippen LogP contribution is -2.45. The first-order valence-electron chi connectivity index (χ1n) is 15.0. The molecule has 2 fully saturated rings. The predicted octanol–water partition coefficient (Wildman–Crippen LogP) is 6.00. The highest BCUT2D eigenvalue weighted by Gasteiger charge is 2.32. The Hall–Kier alpha value is -4.72. The molecule has 1 atom stereocenters. The van der Waals surface area contributed by atoms with Crippen LogP contribution in [-0.4, -0.2) is 34.5 Å². The number of piperidine rings is 1. The number of ether oxygens (including phenoxy) is 1. The number of imide groups is 1. The molecule has 220 valence electrons. The van der Waals surface area contributed by atoms with E-state index in [0.717, 1.165) is 53.8 Å². The molecule has 1 aliphatic carbocycles. The van der Waals surface area contributed by atoms with E-state index >= 15 is 0 Å². The molecule has 0 bridgehead atoms. The Kier molecular flexibility index (Phi) is 8.09. The number of aryl methyl sites for hydroxylation is 1. The van der Waals surface area contributed by atoms with E-state index in [9.17, 15) is 14.4 Å². The molecule has 2 amide bonds. The van der Waals surface area contributed by atoms with Crippen LogP contribution >= 0.6 is 0 Å². The molecule has 0 spiro atoms. The second-order valence-corrected chi connectivity index (χ2v) is 11.4. The first kappa shape index (κ1) is 28.4. The van der Waals surface area contributed by atoms with Gasteiger partial charge < -0.3 is 10.1 Å². The van der Waals surface area contributed by atoms with Crippen molar-refractivity contribution in [2.75, 3.05) is 12.4 Å². The molecule has 2 N–H and O–H groups in total. The average molecular weight is 577 g/mol. The quantitative estimate of drug-likeness (QED) is 0.207. The first-order valence-corrected chi connectivity index (χ1v) is 15.0. The third-order valence-electron chi connectivity index (χ3n) is 8.62. The Morgan fingerprint density at radius 2 is 1.56 bits per heavy atom. The van der Waals surface area contributed by atoms with E-state index in [1.807, 2.05) is 37.4 Å². The van der Waals surface area contributed by atoms with Crippen molar-refractivity contribution in [3.05, 3.63) is 99.6 Å². The summed E-state index contributed by atoms with van der Waals surface area (Å²) in [6.07, 6.45) is 8.35. The summed E-state index contributed by atoms with van der Waals surface area (Å²) in [6.45, 7) is 1.74. The summed E-state index contributed by atoms with van der Waals surface area (Å²) in [5.41, 5.74) is 4.75. The Balaban J connectivity index is 1.12. The zero-order chi connectivity index (χ0) is 29.9. The summed E-state index contributed by atoms with van der Waals surface area (Å²) in [4.78, 5) is 42.9. The standard InChI is InChI=1S/C35H36N4O4/c1-22-37-30-5-3-4-29(33(30)35(42)39(22)31-20-21-32(40)38-34(31)41)25-12-18-28(19-13-25)43-27-16-10-24(11-17-27)7-6-23-8-14-26(36-2)15-9-23/h3-11,14-17,25,28,31,36H,12-13,18-21H2,1-2H3,(H,38,40,41)/b7-6+. The van der Waals surface area contributed by atoms with Crippen LogP contribution in [0.3, 0.4) is 0 Å². The van der Waals surface area contributed by atoms with Gasteiger partial charge in [-0.2, -0.15) is 0 Å². The van der Waals surface area contributed by atoms with Crippen molar-refractivity contribution >= 4 is 40.6 Å². The van der Waals surface area contributed by atoms with E-state index in [-0.39, 0.29) is 29.9 Å². The van der Waals surface area contributed by atoms with Gasteiger partial charge in [-0.05, 0) is 92.0 Å². The molecule has 1 aromatic heterocycles. The number of hydrogen-bond donors (Lipinski definition) is 2. The summed E-state index contributed by atoms with van der Waals surface area (Å²) in [7, 11) is 1.91. The maximum Gasteiger partial charge on any atom is 0.262 e. The first-order chi connectivity index (χ1) is 20.9. The molecular formula is C35H36N4O4. The molecule has 2 heterocycles. The number of aromatic nitrogens is 2.